The molecule has 1 aromatic heterocycles. The first-order valence-electron chi connectivity index (χ1n) is 8.34. The first-order valence-corrected chi connectivity index (χ1v) is 8.34. The van der Waals surface area contributed by atoms with E-state index in [9.17, 15) is 0 Å². The molecule has 0 aliphatic heterocycles. The minimum Gasteiger partial charge on any atom is -0.476 e. The third kappa shape index (κ3) is 4.79. The molecule has 0 saturated carbocycles. The number of nitrogens with zero attached hydrogens (tertiary/aromatic N) is 3. The van der Waals surface area contributed by atoms with Gasteiger partial charge in [0.2, 0.25) is 5.88 Å². The normalized spacial score (nSPS) is 10.5. The van der Waals surface area contributed by atoms with Crippen molar-refractivity contribution in [1.82, 2.24) is 14.9 Å². The van der Waals surface area contributed by atoms with Gasteiger partial charge in [0.25, 0.3) is 0 Å². The highest BCUT2D eigenvalue weighted by molar-refractivity contribution is 5.75. The summed E-state index contributed by atoms with van der Waals surface area (Å²) in [5.41, 5.74) is 3.15. The van der Waals surface area contributed by atoms with E-state index in [1.807, 2.05) is 68.7 Å². The summed E-state index contributed by atoms with van der Waals surface area (Å²) in [6, 6.07) is 17.6. The van der Waals surface area contributed by atoms with Gasteiger partial charge in [0, 0.05) is 12.1 Å². The van der Waals surface area contributed by atoms with Crippen LogP contribution in [0.2, 0.25) is 0 Å². The molecule has 1 heterocycles. The first kappa shape index (κ1) is 16.9. The quantitative estimate of drug-likeness (QED) is 0.531. The highest BCUT2D eigenvalue weighted by Gasteiger charge is 2.08. The summed E-state index contributed by atoms with van der Waals surface area (Å²) >= 11 is 0. The fraction of sp³-hybridized carbons (Fsp3) is 0.238. The smallest absolute Gasteiger partial charge is 0.249 e. The van der Waals surface area contributed by atoms with Gasteiger partial charge >= 0.3 is 0 Å². The Morgan fingerprint density at radius 1 is 0.880 bits per heavy atom. The van der Waals surface area contributed by atoms with Gasteiger partial charge in [-0.05, 0) is 50.7 Å². The molecule has 25 heavy (non-hydrogen) atoms. The van der Waals surface area contributed by atoms with Gasteiger partial charge in [-0.25, -0.2) is 9.97 Å². The van der Waals surface area contributed by atoms with Crippen LogP contribution < -0.4 is 4.74 Å². The van der Waals surface area contributed by atoms with Crippen LogP contribution in [0.3, 0.4) is 0 Å². The number of ether oxygens (including phenoxy) is 1. The Bertz CT molecular complexity index is 895. The zero-order valence-electron chi connectivity index (χ0n) is 14.6. The second-order valence-corrected chi connectivity index (χ2v) is 5.99. The number of aromatic nitrogens is 2. The number of benzene rings is 2. The van der Waals surface area contributed by atoms with E-state index in [4.69, 9.17) is 4.74 Å². The molecule has 0 saturated heterocycles. The highest BCUT2D eigenvalue weighted by atomic mass is 16.5. The van der Waals surface area contributed by atoms with E-state index in [0.717, 1.165) is 29.6 Å². The molecule has 3 aromatic rings. The van der Waals surface area contributed by atoms with Crippen molar-refractivity contribution >= 4 is 11.0 Å². The molecule has 0 atom stereocenters. The van der Waals surface area contributed by atoms with Crippen LogP contribution in [0.5, 0.6) is 5.88 Å². The van der Waals surface area contributed by atoms with Gasteiger partial charge in [-0.15, -0.1) is 0 Å². The molecule has 0 spiro atoms. The van der Waals surface area contributed by atoms with E-state index in [2.05, 4.69) is 26.7 Å². The van der Waals surface area contributed by atoms with Crippen LogP contribution in [0.15, 0.2) is 54.6 Å². The van der Waals surface area contributed by atoms with Crippen molar-refractivity contribution in [2.75, 3.05) is 27.2 Å². The summed E-state index contributed by atoms with van der Waals surface area (Å²) in [4.78, 5) is 11.4. The maximum atomic E-state index is 5.88. The fourth-order valence-corrected chi connectivity index (χ4v) is 2.37. The lowest BCUT2D eigenvalue weighted by atomic mass is 10.2. The molecule has 4 nitrogen and oxygen atoms in total. The van der Waals surface area contributed by atoms with Crippen LogP contribution in [0.4, 0.5) is 0 Å². The average Bonchev–Trinajstić information content (AvgIpc) is 2.64. The van der Waals surface area contributed by atoms with E-state index in [1.165, 1.54) is 0 Å². The summed E-state index contributed by atoms with van der Waals surface area (Å²) in [7, 11) is 4.10. The standard InChI is InChI=1S/C21H21N3O/c1-24(2)15-8-16-25-21-20(14-13-17-9-4-3-5-10-17)22-18-11-6-7-12-19(18)23-21/h3-7,9-12H,8,15-16H2,1-2H3. The number of fused-ring (bicyclic) bond motifs is 1. The van der Waals surface area contributed by atoms with Gasteiger partial charge in [0.1, 0.15) is 0 Å². The molecule has 0 radical (unpaired) electrons. The summed E-state index contributed by atoms with van der Waals surface area (Å²) in [6.45, 7) is 1.55. The Kier molecular flexibility index (Phi) is 5.61. The van der Waals surface area contributed by atoms with E-state index in [1.54, 1.807) is 0 Å². The predicted molar refractivity (Wildman–Crippen MR) is 101 cm³/mol. The summed E-state index contributed by atoms with van der Waals surface area (Å²) in [6.07, 6.45) is 0.924. The highest BCUT2D eigenvalue weighted by Crippen LogP contribution is 2.18. The lowest BCUT2D eigenvalue weighted by molar-refractivity contribution is 0.272. The van der Waals surface area contributed by atoms with Gasteiger partial charge in [-0.2, -0.15) is 0 Å². The van der Waals surface area contributed by atoms with Crippen molar-refractivity contribution in [3.63, 3.8) is 0 Å². The van der Waals surface area contributed by atoms with Crippen LogP contribution in [0.25, 0.3) is 11.0 Å². The van der Waals surface area contributed by atoms with Gasteiger partial charge < -0.3 is 9.64 Å². The van der Waals surface area contributed by atoms with Crippen molar-refractivity contribution in [2.45, 2.75) is 6.42 Å². The monoisotopic (exact) mass is 331 g/mol. The topological polar surface area (TPSA) is 38.2 Å². The fourth-order valence-electron chi connectivity index (χ4n) is 2.37. The van der Waals surface area contributed by atoms with E-state index >= 15 is 0 Å². The van der Waals surface area contributed by atoms with Gasteiger partial charge in [0.15, 0.2) is 5.69 Å². The van der Waals surface area contributed by atoms with Gasteiger partial charge in [-0.1, -0.05) is 36.3 Å². The number of para-hydroxylation sites is 2. The summed E-state index contributed by atoms with van der Waals surface area (Å²) in [5.74, 6) is 6.75. The van der Waals surface area contributed by atoms with E-state index < -0.39 is 0 Å². The van der Waals surface area contributed by atoms with Crippen LogP contribution in [-0.2, 0) is 0 Å². The molecule has 126 valence electrons. The van der Waals surface area contributed by atoms with Crippen molar-refractivity contribution in [3.8, 4) is 17.7 Å². The minimum atomic E-state index is 0.501. The molecular weight excluding hydrogens is 310 g/mol. The summed E-state index contributed by atoms with van der Waals surface area (Å²) < 4.78 is 5.88. The van der Waals surface area contributed by atoms with Crippen LogP contribution in [0, 0.1) is 11.8 Å². The Hall–Kier alpha value is -2.90. The molecule has 2 aromatic carbocycles. The van der Waals surface area contributed by atoms with Crippen molar-refractivity contribution < 1.29 is 4.74 Å². The van der Waals surface area contributed by atoms with Crippen LogP contribution in [-0.4, -0.2) is 42.1 Å². The molecule has 0 amide bonds. The number of hydrogen-bond donors (Lipinski definition) is 0. The zero-order chi connectivity index (χ0) is 17.5. The Morgan fingerprint density at radius 3 is 2.28 bits per heavy atom. The lowest BCUT2D eigenvalue weighted by Crippen LogP contribution is -2.16. The molecule has 0 fully saturated rings. The lowest BCUT2D eigenvalue weighted by Gasteiger charge is -2.11. The molecule has 4 heteroatoms. The largest absolute Gasteiger partial charge is 0.476 e. The molecule has 0 bridgehead atoms. The van der Waals surface area contributed by atoms with Crippen molar-refractivity contribution in [1.29, 1.82) is 0 Å². The third-order valence-corrected chi connectivity index (χ3v) is 3.63. The average molecular weight is 331 g/mol. The van der Waals surface area contributed by atoms with Gasteiger partial charge in [0.05, 0.1) is 17.6 Å². The molecule has 0 N–H and O–H groups in total. The SMILES string of the molecule is CN(C)CCCOc1nc2ccccc2nc1C#Cc1ccccc1. The second kappa shape index (κ2) is 8.27. The van der Waals surface area contributed by atoms with Crippen LogP contribution in [0.1, 0.15) is 17.7 Å². The van der Waals surface area contributed by atoms with E-state index in [0.29, 0.717) is 18.2 Å². The maximum absolute atomic E-state index is 5.88. The number of hydrogen-bond acceptors (Lipinski definition) is 4. The predicted octanol–water partition coefficient (Wildman–Crippen LogP) is 3.36. The van der Waals surface area contributed by atoms with Crippen molar-refractivity contribution in [2.24, 2.45) is 0 Å². The van der Waals surface area contributed by atoms with Crippen molar-refractivity contribution in [3.05, 3.63) is 65.9 Å². The Morgan fingerprint density at radius 2 is 1.56 bits per heavy atom. The summed E-state index contributed by atoms with van der Waals surface area (Å²) in [5, 5.41) is 0. The molecule has 3 rings (SSSR count). The Labute approximate surface area is 148 Å². The third-order valence-electron chi connectivity index (χ3n) is 3.63. The van der Waals surface area contributed by atoms with Crippen LogP contribution >= 0.6 is 0 Å². The second-order valence-electron chi connectivity index (χ2n) is 5.99. The molecule has 0 aliphatic carbocycles. The van der Waals surface area contributed by atoms with E-state index in [-0.39, 0.29) is 0 Å². The molecular formula is C21H21N3O. The zero-order valence-corrected chi connectivity index (χ0v) is 14.6. The maximum Gasteiger partial charge on any atom is 0.249 e. The first-order chi connectivity index (χ1) is 12.2. The van der Waals surface area contributed by atoms with Gasteiger partial charge in [-0.3, -0.25) is 0 Å². The minimum absolute atomic E-state index is 0.501. The molecule has 0 aliphatic rings. The Balaban J connectivity index is 1.88. The molecule has 0 unspecified atom stereocenters. The number of rotatable bonds is 5.